The molecule has 0 saturated heterocycles. The van der Waals surface area contributed by atoms with Crippen LogP contribution in [0.4, 0.5) is 0 Å². The number of fused-ring (bicyclic) bond motifs is 2. The average molecular weight is 267 g/mol. The Morgan fingerprint density at radius 3 is 2.74 bits per heavy atom. The smallest absolute Gasteiger partial charge is 0.162 e. The molecule has 0 amide bonds. The highest BCUT2D eigenvalue weighted by Gasteiger charge is 2.24. The molecule has 2 nitrogen and oxygen atoms in total. The van der Waals surface area contributed by atoms with E-state index in [1.807, 2.05) is 36.4 Å². The highest BCUT2D eigenvalue weighted by molar-refractivity contribution is 7.16. The van der Waals surface area contributed by atoms with Crippen molar-refractivity contribution < 1.29 is 9.47 Å². The fourth-order valence-electron chi connectivity index (χ4n) is 2.34. The second-order valence-corrected chi connectivity index (χ2v) is 5.33. The number of thiophene rings is 1. The monoisotopic (exact) mass is 267 g/mol. The van der Waals surface area contributed by atoms with Gasteiger partial charge in [0.15, 0.2) is 17.6 Å². The second-order valence-electron chi connectivity index (χ2n) is 4.48. The van der Waals surface area contributed by atoms with Crippen LogP contribution in [-0.2, 0) is 0 Å². The molecular formula is C16H11O2S. The number of benzene rings is 2. The van der Waals surface area contributed by atoms with Crippen molar-refractivity contribution in [2.24, 2.45) is 0 Å². The Morgan fingerprint density at radius 1 is 1.00 bits per heavy atom. The van der Waals surface area contributed by atoms with Gasteiger partial charge in [-0.25, -0.2) is 0 Å². The van der Waals surface area contributed by atoms with Gasteiger partial charge < -0.3 is 9.47 Å². The number of hydrogen-bond acceptors (Lipinski definition) is 3. The van der Waals surface area contributed by atoms with Crippen LogP contribution in [0.15, 0.2) is 48.5 Å². The molecule has 0 spiro atoms. The molecule has 3 heteroatoms. The summed E-state index contributed by atoms with van der Waals surface area (Å²) in [5.74, 6) is 1.63. The summed E-state index contributed by atoms with van der Waals surface area (Å²) in [5.41, 5.74) is 1.09. The minimum atomic E-state index is -0.0777. The molecule has 2 aromatic carbocycles. The predicted octanol–water partition coefficient (Wildman–Crippen LogP) is 4.21. The lowest BCUT2D eigenvalue weighted by molar-refractivity contribution is 0.0924. The van der Waals surface area contributed by atoms with E-state index in [4.69, 9.17) is 9.47 Å². The van der Waals surface area contributed by atoms with Crippen molar-refractivity contribution in [3.8, 4) is 11.5 Å². The van der Waals surface area contributed by atoms with E-state index in [2.05, 4.69) is 17.5 Å². The van der Waals surface area contributed by atoms with Crippen LogP contribution in [0.1, 0.15) is 11.7 Å². The molecule has 0 bridgehead atoms. The Kier molecular flexibility index (Phi) is 2.45. The van der Waals surface area contributed by atoms with Crippen molar-refractivity contribution in [2.75, 3.05) is 6.61 Å². The summed E-state index contributed by atoms with van der Waals surface area (Å²) in [6.07, 6.45) is -0.0777. The molecule has 1 aromatic heterocycles. The van der Waals surface area contributed by atoms with Gasteiger partial charge in [0.1, 0.15) is 6.61 Å². The SMILES string of the molecule is [c]1sc2ccccc2c1C1COc2ccccc2O1. The standard InChI is InChI=1S/C16H11O2S/c1-4-8-16-11(5-1)12(10-19-16)15-9-17-13-6-2-3-7-14(13)18-15/h1-8,15H,9H2. The van der Waals surface area contributed by atoms with Crippen molar-refractivity contribution in [1.29, 1.82) is 0 Å². The lowest BCUT2D eigenvalue weighted by Gasteiger charge is -2.26. The highest BCUT2D eigenvalue weighted by Crippen LogP contribution is 2.39. The van der Waals surface area contributed by atoms with Crippen molar-refractivity contribution in [1.82, 2.24) is 0 Å². The van der Waals surface area contributed by atoms with Crippen LogP contribution in [0.2, 0.25) is 0 Å². The van der Waals surface area contributed by atoms with Crippen molar-refractivity contribution >= 4 is 21.4 Å². The molecule has 0 fully saturated rings. The molecule has 19 heavy (non-hydrogen) atoms. The molecule has 1 aliphatic rings. The first-order chi connectivity index (χ1) is 9.42. The van der Waals surface area contributed by atoms with Gasteiger partial charge in [-0.05, 0) is 18.2 Å². The van der Waals surface area contributed by atoms with E-state index < -0.39 is 0 Å². The van der Waals surface area contributed by atoms with Crippen LogP contribution < -0.4 is 9.47 Å². The molecule has 2 heterocycles. The maximum atomic E-state index is 6.03. The molecule has 4 rings (SSSR count). The first-order valence-corrected chi connectivity index (χ1v) is 7.01. The molecule has 1 radical (unpaired) electrons. The van der Waals surface area contributed by atoms with Gasteiger partial charge in [0.25, 0.3) is 0 Å². The fourth-order valence-corrected chi connectivity index (χ4v) is 3.24. The molecule has 0 aliphatic carbocycles. The van der Waals surface area contributed by atoms with Crippen LogP contribution in [0.3, 0.4) is 0 Å². The first kappa shape index (κ1) is 10.9. The molecular weight excluding hydrogens is 256 g/mol. The zero-order chi connectivity index (χ0) is 12.7. The van der Waals surface area contributed by atoms with Gasteiger partial charge in [0, 0.05) is 15.6 Å². The van der Waals surface area contributed by atoms with Gasteiger partial charge in [0.05, 0.1) is 5.38 Å². The Balaban J connectivity index is 1.75. The molecule has 93 valence electrons. The summed E-state index contributed by atoms with van der Waals surface area (Å²) < 4.78 is 13.0. The molecule has 0 saturated carbocycles. The van der Waals surface area contributed by atoms with E-state index in [0.29, 0.717) is 6.61 Å². The molecule has 0 N–H and O–H groups in total. The molecule has 1 atom stereocenters. The maximum Gasteiger partial charge on any atom is 0.162 e. The van der Waals surface area contributed by atoms with E-state index in [0.717, 1.165) is 17.1 Å². The minimum Gasteiger partial charge on any atom is -0.485 e. The van der Waals surface area contributed by atoms with Crippen LogP contribution in [0.5, 0.6) is 11.5 Å². The first-order valence-electron chi connectivity index (χ1n) is 6.19. The maximum absolute atomic E-state index is 6.03. The van der Waals surface area contributed by atoms with Crippen LogP contribution in [-0.4, -0.2) is 6.61 Å². The number of rotatable bonds is 1. The summed E-state index contributed by atoms with van der Waals surface area (Å²) in [6, 6.07) is 16.1. The van der Waals surface area contributed by atoms with Gasteiger partial charge in [-0.1, -0.05) is 30.3 Å². The van der Waals surface area contributed by atoms with Crippen LogP contribution in [0, 0.1) is 5.38 Å². The third kappa shape index (κ3) is 1.78. The normalized spacial score (nSPS) is 17.6. The Hall–Kier alpha value is -2.00. The fraction of sp³-hybridized carbons (Fsp3) is 0.125. The van der Waals surface area contributed by atoms with Gasteiger partial charge >= 0.3 is 0 Å². The third-order valence-corrected chi connectivity index (χ3v) is 4.18. The van der Waals surface area contributed by atoms with Gasteiger partial charge in [0.2, 0.25) is 0 Å². The van der Waals surface area contributed by atoms with E-state index in [9.17, 15) is 0 Å². The third-order valence-electron chi connectivity index (χ3n) is 3.28. The summed E-state index contributed by atoms with van der Waals surface area (Å²) in [6.45, 7) is 0.536. The van der Waals surface area contributed by atoms with E-state index in [-0.39, 0.29) is 6.10 Å². The Bertz CT molecular complexity index is 732. The zero-order valence-corrected chi connectivity index (χ0v) is 10.9. The zero-order valence-electron chi connectivity index (χ0n) is 10.1. The van der Waals surface area contributed by atoms with Crippen molar-refractivity contribution in [2.45, 2.75) is 6.10 Å². The lowest BCUT2D eigenvalue weighted by Crippen LogP contribution is -2.21. The summed E-state index contributed by atoms with van der Waals surface area (Å²) >= 11 is 1.63. The summed E-state index contributed by atoms with van der Waals surface area (Å²) in [7, 11) is 0. The quantitative estimate of drug-likeness (QED) is 0.657. The Labute approximate surface area is 115 Å². The topological polar surface area (TPSA) is 18.5 Å². The van der Waals surface area contributed by atoms with Crippen molar-refractivity contribution in [3.05, 3.63) is 59.5 Å². The minimum absolute atomic E-state index is 0.0777. The van der Waals surface area contributed by atoms with E-state index >= 15 is 0 Å². The number of para-hydroxylation sites is 2. The average Bonchev–Trinajstić information content (AvgIpc) is 2.91. The predicted molar refractivity (Wildman–Crippen MR) is 76.0 cm³/mol. The lowest BCUT2D eigenvalue weighted by atomic mass is 10.1. The number of ether oxygens (including phenoxy) is 2. The summed E-state index contributed by atoms with van der Waals surface area (Å²) in [5, 5.41) is 4.56. The largest absolute Gasteiger partial charge is 0.485 e. The van der Waals surface area contributed by atoms with Crippen LogP contribution in [0.25, 0.3) is 10.1 Å². The molecule has 1 aliphatic heterocycles. The van der Waals surface area contributed by atoms with E-state index in [1.165, 1.54) is 10.1 Å². The molecule has 1 unspecified atom stereocenters. The highest BCUT2D eigenvalue weighted by atomic mass is 32.1. The molecule has 3 aromatic rings. The van der Waals surface area contributed by atoms with Gasteiger partial charge in [-0.2, -0.15) is 0 Å². The Morgan fingerprint density at radius 2 is 1.79 bits per heavy atom. The van der Waals surface area contributed by atoms with Gasteiger partial charge in [-0.3, -0.25) is 0 Å². The van der Waals surface area contributed by atoms with Gasteiger partial charge in [-0.15, -0.1) is 11.3 Å². The second kappa shape index (κ2) is 4.28. The van der Waals surface area contributed by atoms with Crippen molar-refractivity contribution in [3.63, 3.8) is 0 Å². The number of hydrogen-bond donors (Lipinski definition) is 0. The summed E-state index contributed by atoms with van der Waals surface area (Å²) in [4.78, 5) is 0. The van der Waals surface area contributed by atoms with E-state index in [1.54, 1.807) is 11.3 Å². The van der Waals surface area contributed by atoms with Crippen LogP contribution >= 0.6 is 11.3 Å².